The molecule has 0 spiro atoms. The zero-order valence-electron chi connectivity index (χ0n) is 11.8. The number of hydrogen-bond donors (Lipinski definition) is 1. The summed E-state index contributed by atoms with van der Waals surface area (Å²) in [6, 6.07) is 9.27. The average Bonchev–Trinajstić information content (AvgIpc) is 2.47. The van der Waals surface area contributed by atoms with Gasteiger partial charge in [-0.1, -0.05) is 17.7 Å². The van der Waals surface area contributed by atoms with Crippen LogP contribution in [0.15, 0.2) is 36.4 Å². The van der Waals surface area contributed by atoms with Gasteiger partial charge in [0.05, 0.1) is 13.2 Å². The van der Waals surface area contributed by atoms with Gasteiger partial charge in [-0.3, -0.25) is 0 Å². The van der Waals surface area contributed by atoms with E-state index in [1.54, 1.807) is 25.1 Å². The summed E-state index contributed by atoms with van der Waals surface area (Å²) in [7, 11) is 1.52. The van der Waals surface area contributed by atoms with E-state index in [0.717, 1.165) is 5.56 Å². The monoisotopic (exact) mass is 310 g/mol. The summed E-state index contributed by atoms with van der Waals surface area (Å²) in [4.78, 5) is 0. The third-order valence-corrected chi connectivity index (χ3v) is 3.43. The topological polar surface area (TPSA) is 38.7 Å². The van der Waals surface area contributed by atoms with Crippen LogP contribution in [-0.4, -0.2) is 12.2 Å². The molecule has 2 aromatic rings. The van der Waals surface area contributed by atoms with E-state index in [9.17, 15) is 9.50 Å². The largest absolute Gasteiger partial charge is 0.493 e. The lowest BCUT2D eigenvalue weighted by atomic mass is 10.1. The molecule has 5 heteroatoms. The number of benzene rings is 2. The molecule has 0 aliphatic heterocycles. The van der Waals surface area contributed by atoms with Gasteiger partial charge in [-0.15, -0.1) is 0 Å². The number of ether oxygens (including phenoxy) is 2. The third kappa shape index (κ3) is 3.86. The minimum Gasteiger partial charge on any atom is -0.493 e. The first-order chi connectivity index (χ1) is 10.0. The molecule has 0 saturated carbocycles. The fourth-order valence-electron chi connectivity index (χ4n) is 1.87. The first-order valence-corrected chi connectivity index (χ1v) is 6.81. The van der Waals surface area contributed by atoms with E-state index in [1.807, 2.05) is 0 Å². The Morgan fingerprint density at radius 2 is 1.95 bits per heavy atom. The standard InChI is InChI=1S/C16H16ClFO3/c1-10(19)11-3-6-15(16(8-11)20-2)21-9-12-7-13(18)4-5-14(12)17/h3-8,10,19H,9H2,1-2H3/t10-/m1/s1. The summed E-state index contributed by atoms with van der Waals surface area (Å²) in [5.74, 6) is 0.637. The van der Waals surface area contributed by atoms with Gasteiger partial charge in [0.1, 0.15) is 12.4 Å². The number of methoxy groups -OCH3 is 1. The molecule has 0 aliphatic rings. The predicted octanol–water partition coefficient (Wildman–Crippen LogP) is 4.12. The zero-order chi connectivity index (χ0) is 15.4. The van der Waals surface area contributed by atoms with Crippen LogP contribution >= 0.6 is 11.6 Å². The highest BCUT2D eigenvalue weighted by molar-refractivity contribution is 6.31. The lowest BCUT2D eigenvalue weighted by Crippen LogP contribution is -2.00. The van der Waals surface area contributed by atoms with Crippen LogP contribution < -0.4 is 9.47 Å². The molecule has 3 nitrogen and oxygen atoms in total. The van der Waals surface area contributed by atoms with E-state index in [-0.39, 0.29) is 12.4 Å². The molecule has 0 bridgehead atoms. The van der Waals surface area contributed by atoms with Gasteiger partial charge in [0.2, 0.25) is 0 Å². The number of aliphatic hydroxyl groups is 1. The minimum absolute atomic E-state index is 0.126. The van der Waals surface area contributed by atoms with Crippen molar-refractivity contribution in [2.75, 3.05) is 7.11 Å². The number of halogens is 2. The smallest absolute Gasteiger partial charge is 0.161 e. The van der Waals surface area contributed by atoms with Crippen LogP contribution in [0.3, 0.4) is 0 Å². The van der Waals surface area contributed by atoms with Crippen molar-refractivity contribution in [3.05, 3.63) is 58.4 Å². The quantitative estimate of drug-likeness (QED) is 0.903. The van der Waals surface area contributed by atoms with Gasteiger partial charge < -0.3 is 14.6 Å². The zero-order valence-corrected chi connectivity index (χ0v) is 12.5. The summed E-state index contributed by atoms with van der Waals surface area (Å²) < 4.78 is 24.1. The fraction of sp³-hybridized carbons (Fsp3) is 0.250. The first-order valence-electron chi connectivity index (χ1n) is 6.44. The van der Waals surface area contributed by atoms with Crippen molar-refractivity contribution >= 4 is 11.6 Å². The van der Waals surface area contributed by atoms with E-state index < -0.39 is 6.10 Å². The van der Waals surface area contributed by atoms with Crippen LogP contribution in [0.5, 0.6) is 11.5 Å². The van der Waals surface area contributed by atoms with Crippen molar-refractivity contribution in [1.29, 1.82) is 0 Å². The Kier molecular flexibility index (Phi) is 5.04. The predicted molar refractivity (Wildman–Crippen MR) is 79.4 cm³/mol. The van der Waals surface area contributed by atoms with Crippen LogP contribution in [-0.2, 0) is 6.61 Å². The Balaban J connectivity index is 2.18. The normalized spacial score (nSPS) is 12.0. The molecular formula is C16H16ClFO3. The molecule has 2 rings (SSSR count). The summed E-state index contributed by atoms with van der Waals surface area (Å²) in [5, 5.41) is 9.99. The average molecular weight is 311 g/mol. The second-order valence-electron chi connectivity index (χ2n) is 4.61. The maximum Gasteiger partial charge on any atom is 0.161 e. The van der Waals surface area contributed by atoms with Crippen LogP contribution in [0.2, 0.25) is 5.02 Å². The SMILES string of the molecule is COc1cc([C@@H](C)O)ccc1OCc1cc(F)ccc1Cl. The maximum absolute atomic E-state index is 13.2. The molecule has 0 radical (unpaired) electrons. The van der Waals surface area contributed by atoms with Crippen molar-refractivity contribution in [2.45, 2.75) is 19.6 Å². The molecule has 2 aromatic carbocycles. The Hall–Kier alpha value is -1.78. The molecule has 0 unspecified atom stereocenters. The highest BCUT2D eigenvalue weighted by Crippen LogP contribution is 2.31. The fourth-order valence-corrected chi connectivity index (χ4v) is 2.04. The van der Waals surface area contributed by atoms with Gasteiger partial charge in [-0.25, -0.2) is 4.39 Å². The number of aliphatic hydroxyl groups excluding tert-OH is 1. The lowest BCUT2D eigenvalue weighted by Gasteiger charge is -2.14. The van der Waals surface area contributed by atoms with Crippen molar-refractivity contribution in [3.63, 3.8) is 0 Å². The van der Waals surface area contributed by atoms with E-state index in [0.29, 0.717) is 22.1 Å². The van der Waals surface area contributed by atoms with Gasteiger partial charge in [0, 0.05) is 10.6 Å². The molecule has 0 fully saturated rings. The van der Waals surface area contributed by atoms with Crippen molar-refractivity contribution in [1.82, 2.24) is 0 Å². The molecule has 0 amide bonds. The summed E-state index contributed by atoms with van der Waals surface area (Å²) in [6.45, 7) is 1.79. The first kappa shape index (κ1) is 15.6. The van der Waals surface area contributed by atoms with Gasteiger partial charge in [0.25, 0.3) is 0 Å². The summed E-state index contributed by atoms with van der Waals surface area (Å²) in [6.07, 6.45) is -0.592. The number of hydrogen-bond acceptors (Lipinski definition) is 3. The molecule has 1 N–H and O–H groups in total. The van der Waals surface area contributed by atoms with Gasteiger partial charge in [-0.05, 0) is 42.8 Å². The van der Waals surface area contributed by atoms with Gasteiger partial charge in [-0.2, -0.15) is 0 Å². The molecule has 21 heavy (non-hydrogen) atoms. The Morgan fingerprint density at radius 3 is 2.62 bits per heavy atom. The van der Waals surface area contributed by atoms with Crippen LogP contribution in [0.4, 0.5) is 4.39 Å². The van der Waals surface area contributed by atoms with E-state index in [2.05, 4.69) is 0 Å². The van der Waals surface area contributed by atoms with Crippen molar-refractivity contribution < 1.29 is 19.0 Å². The Bertz CT molecular complexity index is 629. The molecule has 0 aromatic heterocycles. The van der Waals surface area contributed by atoms with E-state index >= 15 is 0 Å². The summed E-state index contributed by atoms with van der Waals surface area (Å²) in [5.41, 5.74) is 1.28. The molecule has 0 heterocycles. The summed E-state index contributed by atoms with van der Waals surface area (Å²) >= 11 is 5.99. The maximum atomic E-state index is 13.2. The van der Waals surface area contributed by atoms with E-state index in [4.69, 9.17) is 21.1 Å². The lowest BCUT2D eigenvalue weighted by molar-refractivity contribution is 0.198. The minimum atomic E-state index is -0.592. The second-order valence-corrected chi connectivity index (χ2v) is 5.02. The molecule has 0 saturated heterocycles. The highest BCUT2D eigenvalue weighted by Gasteiger charge is 2.10. The van der Waals surface area contributed by atoms with Crippen molar-refractivity contribution in [3.8, 4) is 11.5 Å². The van der Waals surface area contributed by atoms with Crippen LogP contribution in [0, 0.1) is 5.82 Å². The molecule has 112 valence electrons. The van der Waals surface area contributed by atoms with Gasteiger partial charge in [0.15, 0.2) is 11.5 Å². The second kappa shape index (κ2) is 6.78. The molecular weight excluding hydrogens is 295 g/mol. The third-order valence-electron chi connectivity index (χ3n) is 3.06. The number of rotatable bonds is 5. The van der Waals surface area contributed by atoms with Crippen LogP contribution in [0.1, 0.15) is 24.2 Å². The highest BCUT2D eigenvalue weighted by atomic mass is 35.5. The van der Waals surface area contributed by atoms with Crippen molar-refractivity contribution in [2.24, 2.45) is 0 Å². The Labute approximate surface area is 127 Å². The van der Waals surface area contributed by atoms with Gasteiger partial charge >= 0.3 is 0 Å². The van der Waals surface area contributed by atoms with E-state index in [1.165, 1.54) is 25.3 Å². The molecule has 0 aliphatic carbocycles. The molecule has 1 atom stereocenters. The van der Waals surface area contributed by atoms with Crippen LogP contribution in [0.25, 0.3) is 0 Å². The Morgan fingerprint density at radius 1 is 1.19 bits per heavy atom.